The van der Waals surface area contributed by atoms with Crippen LogP contribution in [0, 0.1) is 0 Å². The third kappa shape index (κ3) is 3.22. The molecule has 136 valence electrons. The summed E-state index contributed by atoms with van der Waals surface area (Å²) in [7, 11) is 0. The molecule has 1 fully saturated rings. The Morgan fingerprint density at radius 2 is 1.67 bits per heavy atom. The van der Waals surface area contributed by atoms with Crippen molar-refractivity contribution in [1.82, 2.24) is 9.97 Å². The number of ether oxygens (including phenoxy) is 1. The number of aromatic nitrogens is 2. The summed E-state index contributed by atoms with van der Waals surface area (Å²) in [5.41, 5.74) is 4.65. The minimum atomic E-state index is 0.755. The molecule has 1 aromatic heterocycles. The molecule has 0 amide bonds. The fourth-order valence-electron chi connectivity index (χ4n) is 3.73. The van der Waals surface area contributed by atoms with Crippen LogP contribution in [0.5, 0.6) is 0 Å². The van der Waals surface area contributed by atoms with Gasteiger partial charge in [-0.2, -0.15) is 0 Å². The first-order chi connectivity index (χ1) is 13.4. The quantitative estimate of drug-likeness (QED) is 0.668. The van der Waals surface area contributed by atoms with Crippen LogP contribution in [0.25, 0.3) is 22.6 Å². The molecule has 0 aliphatic carbocycles. The van der Waals surface area contributed by atoms with Crippen molar-refractivity contribution in [3.63, 3.8) is 0 Å². The van der Waals surface area contributed by atoms with Crippen LogP contribution in [0.4, 0.5) is 5.82 Å². The maximum atomic E-state index is 5.57. The number of thioether (sulfide) groups is 1. The second-order valence-corrected chi connectivity index (χ2v) is 7.89. The van der Waals surface area contributed by atoms with Crippen LogP contribution in [0.2, 0.25) is 0 Å². The average molecular weight is 375 g/mol. The number of anilines is 1. The van der Waals surface area contributed by atoms with Gasteiger partial charge in [0.1, 0.15) is 5.82 Å². The minimum Gasteiger partial charge on any atom is -0.378 e. The first kappa shape index (κ1) is 16.8. The highest BCUT2D eigenvalue weighted by molar-refractivity contribution is 7.99. The molecule has 0 atom stereocenters. The molecule has 2 aliphatic heterocycles. The van der Waals surface area contributed by atoms with E-state index < -0.39 is 0 Å². The molecule has 2 aliphatic rings. The molecule has 0 spiro atoms. The van der Waals surface area contributed by atoms with Crippen molar-refractivity contribution in [1.29, 1.82) is 0 Å². The van der Waals surface area contributed by atoms with Crippen LogP contribution < -0.4 is 4.90 Å². The topological polar surface area (TPSA) is 38.2 Å². The van der Waals surface area contributed by atoms with Gasteiger partial charge in [0.2, 0.25) is 0 Å². The summed E-state index contributed by atoms with van der Waals surface area (Å²) in [4.78, 5) is 13.8. The Morgan fingerprint density at radius 1 is 0.889 bits per heavy atom. The van der Waals surface area contributed by atoms with Gasteiger partial charge in [-0.25, -0.2) is 9.97 Å². The Bertz CT molecular complexity index is 955. The molecular weight excluding hydrogens is 354 g/mol. The van der Waals surface area contributed by atoms with Gasteiger partial charge in [0.25, 0.3) is 0 Å². The second kappa shape index (κ2) is 7.33. The Labute approximate surface area is 163 Å². The molecule has 0 N–H and O–H groups in total. The summed E-state index contributed by atoms with van der Waals surface area (Å²) < 4.78 is 5.57. The molecule has 0 saturated carbocycles. The Balaban J connectivity index is 1.74. The molecule has 2 aromatic carbocycles. The standard InChI is InChI=1S/C22H21N3OS/c1-2-6-16(7-3-1)21-23-20-17-8-4-5-9-19(17)27-15-10-18(20)22(24-21)25-11-13-26-14-12-25/h1-9H,10-15H2. The zero-order chi connectivity index (χ0) is 18.1. The normalized spacial score (nSPS) is 16.4. The van der Waals surface area contributed by atoms with E-state index in [4.69, 9.17) is 14.7 Å². The minimum absolute atomic E-state index is 0.755. The van der Waals surface area contributed by atoms with E-state index in [0.29, 0.717) is 0 Å². The molecule has 5 heteroatoms. The van der Waals surface area contributed by atoms with Gasteiger partial charge >= 0.3 is 0 Å². The smallest absolute Gasteiger partial charge is 0.162 e. The van der Waals surface area contributed by atoms with Crippen LogP contribution in [0.3, 0.4) is 0 Å². The summed E-state index contributed by atoms with van der Waals surface area (Å²) in [6.07, 6.45) is 0.983. The number of rotatable bonds is 2. The van der Waals surface area contributed by atoms with Crippen LogP contribution in [0.1, 0.15) is 5.56 Å². The van der Waals surface area contributed by atoms with Gasteiger partial charge in [0, 0.05) is 40.4 Å². The fourth-order valence-corrected chi connectivity index (χ4v) is 4.75. The average Bonchev–Trinajstić information content (AvgIpc) is 2.94. The third-order valence-corrected chi connectivity index (χ3v) is 6.15. The molecule has 5 rings (SSSR count). The predicted octanol–water partition coefficient (Wildman–Crippen LogP) is 4.30. The first-order valence-electron chi connectivity index (χ1n) is 9.41. The Hall–Kier alpha value is -2.37. The number of morpholine rings is 1. The van der Waals surface area contributed by atoms with Crippen LogP contribution >= 0.6 is 11.8 Å². The summed E-state index contributed by atoms with van der Waals surface area (Å²) in [6, 6.07) is 18.9. The summed E-state index contributed by atoms with van der Waals surface area (Å²) in [5, 5.41) is 0. The maximum Gasteiger partial charge on any atom is 0.162 e. The molecule has 4 nitrogen and oxygen atoms in total. The molecule has 27 heavy (non-hydrogen) atoms. The van der Waals surface area contributed by atoms with E-state index in [1.54, 1.807) is 0 Å². The lowest BCUT2D eigenvalue weighted by Crippen LogP contribution is -2.37. The van der Waals surface area contributed by atoms with Gasteiger partial charge in [-0.15, -0.1) is 11.8 Å². The van der Waals surface area contributed by atoms with Crippen molar-refractivity contribution in [2.24, 2.45) is 0 Å². The Kier molecular flexibility index (Phi) is 4.56. The van der Waals surface area contributed by atoms with Crippen molar-refractivity contribution in [2.45, 2.75) is 11.3 Å². The largest absolute Gasteiger partial charge is 0.378 e. The maximum absolute atomic E-state index is 5.57. The summed E-state index contributed by atoms with van der Waals surface area (Å²) in [5.74, 6) is 2.94. The highest BCUT2D eigenvalue weighted by atomic mass is 32.2. The third-order valence-electron chi connectivity index (χ3n) is 5.08. The highest BCUT2D eigenvalue weighted by Crippen LogP contribution is 2.40. The number of fused-ring (bicyclic) bond motifs is 3. The lowest BCUT2D eigenvalue weighted by Gasteiger charge is -2.30. The van der Waals surface area contributed by atoms with Crippen molar-refractivity contribution in [2.75, 3.05) is 37.0 Å². The van der Waals surface area contributed by atoms with Gasteiger partial charge in [-0.1, -0.05) is 48.5 Å². The monoisotopic (exact) mass is 375 g/mol. The van der Waals surface area contributed by atoms with Crippen molar-refractivity contribution < 1.29 is 4.74 Å². The van der Waals surface area contributed by atoms with Gasteiger partial charge in [-0.3, -0.25) is 0 Å². The van der Waals surface area contributed by atoms with E-state index in [1.807, 2.05) is 30.0 Å². The van der Waals surface area contributed by atoms with Gasteiger partial charge in [-0.05, 0) is 12.5 Å². The number of hydrogen-bond donors (Lipinski definition) is 0. The molecule has 0 radical (unpaired) electrons. The van der Waals surface area contributed by atoms with Crippen molar-refractivity contribution >= 4 is 17.6 Å². The Morgan fingerprint density at radius 3 is 2.52 bits per heavy atom. The number of nitrogens with zero attached hydrogens (tertiary/aromatic N) is 3. The van der Waals surface area contributed by atoms with E-state index in [1.165, 1.54) is 16.0 Å². The highest BCUT2D eigenvalue weighted by Gasteiger charge is 2.25. The molecule has 0 unspecified atom stereocenters. The zero-order valence-corrected chi connectivity index (χ0v) is 15.9. The van der Waals surface area contributed by atoms with Crippen LogP contribution in [-0.4, -0.2) is 42.0 Å². The van der Waals surface area contributed by atoms with Crippen molar-refractivity contribution in [3.8, 4) is 22.6 Å². The molecule has 3 aromatic rings. The van der Waals surface area contributed by atoms with Gasteiger partial charge in [0.05, 0.1) is 18.9 Å². The second-order valence-electron chi connectivity index (χ2n) is 6.76. The number of benzene rings is 2. The molecule has 3 heterocycles. The fraction of sp³-hybridized carbons (Fsp3) is 0.273. The van der Waals surface area contributed by atoms with E-state index in [2.05, 4.69) is 41.3 Å². The summed E-state index contributed by atoms with van der Waals surface area (Å²) >= 11 is 1.91. The SMILES string of the molecule is c1ccc(-c2nc3c(c(N4CCOCC4)n2)CCSc2ccccc2-3)cc1. The molecule has 0 bridgehead atoms. The van der Waals surface area contributed by atoms with Crippen molar-refractivity contribution in [3.05, 3.63) is 60.2 Å². The van der Waals surface area contributed by atoms with E-state index in [9.17, 15) is 0 Å². The van der Waals surface area contributed by atoms with E-state index in [0.717, 1.165) is 61.4 Å². The lowest BCUT2D eigenvalue weighted by molar-refractivity contribution is 0.122. The van der Waals surface area contributed by atoms with Crippen LogP contribution in [0.15, 0.2) is 59.5 Å². The molecule has 1 saturated heterocycles. The lowest BCUT2D eigenvalue weighted by atomic mass is 10.0. The van der Waals surface area contributed by atoms with E-state index >= 15 is 0 Å². The summed E-state index contributed by atoms with van der Waals surface area (Å²) in [6.45, 7) is 3.27. The van der Waals surface area contributed by atoms with Crippen LogP contribution in [-0.2, 0) is 11.2 Å². The van der Waals surface area contributed by atoms with Gasteiger partial charge in [0.15, 0.2) is 5.82 Å². The zero-order valence-electron chi connectivity index (χ0n) is 15.1. The predicted molar refractivity (Wildman–Crippen MR) is 110 cm³/mol. The van der Waals surface area contributed by atoms with Gasteiger partial charge < -0.3 is 9.64 Å². The number of hydrogen-bond acceptors (Lipinski definition) is 5. The first-order valence-corrected chi connectivity index (χ1v) is 10.4. The molecular formula is C22H21N3OS. The van der Waals surface area contributed by atoms with E-state index in [-0.39, 0.29) is 0 Å².